The zero-order chi connectivity index (χ0) is 57.1. The first-order chi connectivity index (χ1) is 39.0. The van der Waals surface area contributed by atoms with Crippen molar-refractivity contribution in [3.05, 3.63) is 97.2 Å². The topological polar surface area (TPSA) is 78.9 Å². The average molecular weight is 1100 g/mol. The third-order valence-corrected chi connectivity index (χ3v) is 14.5. The van der Waals surface area contributed by atoms with Gasteiger partial charge in [-0.25, -0.2) is 0 Å². The van der Waals surface area contributed by atoms with E-state index in [4.69, 9.17) is 14.2 Å². The molecule has 0 aliphatic carbocycles. The van der Waals surface area contributed by atoms with Gasteiger partial charge in [-0.1, -0.05) is 285 Å². The third-order valence-electron chi connectivity index (χ3n) is 14.5. The number of esters is 3. The number of carbonyl (C=O) groups excluding carboxylic acids is 3. The smallest absolute Gasteiger partial charge is 0.306 e. The summed E-state index contributed by atoms with van der Waals surface area (Å²) in [5.74, 6) is -0.893. The minimum Gasteiger partial charge on any atom is -0.462 e. The average Bonchev–Trinajstić information content (AvgIpc) is 3.45. The summed E-state index contributed by atoms with van der Waals surface area (Å²) in [6.07, 6.45) is 89.9. The molecule has 0 saturated carbocycles. The highest BCUT2D eigenvalue weighted by Crippen LogP contribution is 2.16. The van der Waals surface area contributed by atoms with Gasteiger partial charge in [0.25, 0.3) is 0 Å². The number of rotatable bonds is 61. The maximum absolute atomic E-state index is 12.9. The van der Waals surface area contributed by atoms with Crippen molar-refractivity contribution >= 4 is 17.9 Å². The van der Waals surface area contributed by atoms with Gasteiger partial charge in [-0.3, -0.25) is 14.4 Å². The van der Waals surface area contributed by atoms with Crippen LogP contribution in [-0.4, -0.2) is 37.2 Å². The SMILES string of the molecule is CC/C=C\C/C=C\C/C=C\C/C=C\C/C=C\CCCCCCCCCC(=O)OC(COC(=O)CCCCCCC/C=C\CCCCCC)COC(=O)CCCCCCCCCCCCCCC/C=C\C/C=C\CCCCCCC. The van der Waals surface area contributed by atoms with Gasteiger partial charge >= 0.3 is 17.9 Å². The molecule has 79 heavy (non-hydrogen) atoms. The predicted molar refractivity (Wildman–Crippen MR) is 344 cm³/mol. The molecule has 1 unspecified atom stereocenters. The van der Waals surface area contributed by atoms with Crippen LogP contribution in [0.15, 0.2) is 97.2 Å². The van der Waals surface area contributed by atoms with Crippen LogP contribution in [0.2, 0.25) is 0 Å². The van der Waals surface area contributed by atoms with E-state index in [1.165, 1.54) is 180 Å². The van der Waals surface area contributed by atoms with E-state index in [-0.39, 0.29) is 31.1 Å². The summed E-state index contributed by atoms with van der Waals surface area (Å²) in [6, 6.07) is 0. The van der Waals surface area contributed by atoms with E-state index in [9.17, 15) is 14.4 Å². The van der Waals surface area contributed by atoms with Gasteiger partial charge in [-0.15, -0.1) is 0 Å². The lowest BCUT2D eigenvalue weighted by Crippen LogP contribution is -2.30. The lowest BCUT2D eigenvalue weighted by molar-refractivity contribution is -0.167. The Morgan fingerprint density at radius 2 is 0.494 bits per heavy atom. The predicted octanol–water partition coefficient (Wildman–Crippen LogP) is 23.2. The van der Waals surface area contributed by atoms with E-state index < -0.39 is 6.10 Å². The Kier molecular flexibility index (Phi) is 63.7. The maximum Gasteiger partial charge on any atom is 0.306 e. The summed E-state index contributed by atoms with van der Waals surface area (Å²) in [6.45, 7) is 6.52. The molecule has 0 radical (unpaired) electrons. The van der Waals surface area contributed by atoms with Crippen LogP contribution in [0, 0.1) is 0 Å². The summed E-state index contributed by atoms with van der Waals surface area (Å²) in [5, 5.41) is 0. The van der Waals surface area contributed by atoms with Crippen LogP contribution in [0.1, 0.15) is 329 Å². The Balaban J connectivity index is 4.33. The second-order valence-electron chi connectivity index (χ2n) is 22.3. The number of allylic oxidation sites excluding steroid dienone is 16. The number of unbranched alkanes of at least 4 members (excludes halogenated alkanes) is 34. The summed E-state index contributed by atoms with van der Waals surface area (Å²) < 4.78 is 16.9. The van der Waals surface area contributed by atoms with Crippen molar-refractivity contribution in [2.45, 2.75) is 335 Å². The number of ether oxygens (including phenoxy) is 3. The van der Waals surface area contributed by atoms with Crippen LogP contribution in [0.4, 0.5) is 0 Å². The van der Waals surface area contributed by atoms with Gasteiger partial charge in [0, 0.05) is 19.3 Å². The Hall–Kier alpha value is -3.67. The van der Waals surface area contributed by atoms with Gasteiger partial charge in [0.1, 0.15) is 13.2 Å². The standard InChI is InChI=1S/C73H126O6/c1-4-7-10-13-16-19-22-25-27-29-31-33-35-36-38-39-41-43-45-48-51-54-57-60-63-66-72(75)78-69-70(68-77-71(74)65-62-59-56-53-50-47-24-21-18-15-12-9-6-3)79-73(76)67-64-61-58-55-52-49-46-44-42-40-37-34-32-30-28-26-23-20-17-14-11-8-5-2/h8,11,17,20-22,24-26,28-29,31-32,34,40,42,70H,4-7,9-10,12-16,18-19,23,27,30,33,35-39,41,43-69H2,1-3H3/b11-8-,20-17-,24-21-,25-22-,28-26-,31-29-,34-32-,42-40-. The van der Waals surface area contributed by atoms with Crippen LogP contribution < -0.4 is 0 Å². The molecule has 0 heterocycles. The number of hydrogen-bond donors (Lipinski definition) is 0. The first kappa shape index (κ1) is 75.3. The highest BCUT2D eigenvalue weighted by molar-refractivity contribution is 5.71. The van der Waals surface area contributed by atoms with Crippen LogP contribution >= 0.6 is 0 Å². The molecule has 0 N–H and O–H groups in total. The van der Waals surface area contributed by atoms with Gasteiger partial charge in [0.2, 0.25) is 0 Å². The van der Waals surface area contributed by atoms with E-state index in [0.29, 0.717) is 19.3 Å². The Bertz CT molecular complexity index is 1540. The van der Waals surface area contributed by atoms with Crippen LogP contribution in [0.3, 0.4) is 0 Å². The molecule has 0 fully saturated rings. The van der Waals surface area contributed by atoms with E-state index in [0.717, 1.165) is 109 Å². The van der Waals surface area contributed by atoms with Crippen molar-refractivity contribution < 1.29 is 28.6 Å². The van der Waals surface area contributed by atoms with E-state index in [2.05, 4.69) is 118 Å². The molecule has 6 heteroatoms. The van der Waals surface area contributed by atoms with Gasteiger partial charge < -0.3 is 14.2 Å². The molecule has 0 saturated heterocycles. The second kappa shape index (κ2) is 66.8. The molecule has 1 atom stereocenters. The normalized spacial score (nSPS) is 12.7. The van der Waals surface area contributed by atoms with Crippen molar-refractivity contribution in [1.82, 2.24) is 0 Å². The van der Waals surface area contributed by atoms with Crippen molar-refractivity contribution in [2.24, 2.45) is 0 Å². The van der Waals surface area contributed by atoms with E-state index in [1.54, 1.807) is 0 Å². The fourth-order valence-electron chi connectivity index (χ4n) is 9.50. The van der Waals surface area contributed by atoms with Crippen molar-refractivity contribution in [2.75, 3.05) is 13.2 Å². The van der Waals surface area contributed by atoms with Crippen molar-refractivity contribution in [3.8, 4) is 0 Å². The fraction of sp³-hybridized carbons (Fsp3) is 0.740. The molecular formula is C73H126O6. The van der Waals surface area contributed by atoms with Gasteiger partial charge in [0.05, 0.1) is 0 Å². The molecule has 0 aromatic carbocycles. The minimum absolute atomic E-state index is 0.0839. The molecule has 0 aromatic heterocycles. The molecular weight excluding hydrogens is 973 g/mol. The lowest BCUT2D eigenvalue weighted by atomic mass is 10.0. The zero-order valence-corrected chi connectivity index (χ0v) is 52.1. The van der Waals surface area contributed by atoms with Crippen molar-refractivity contribution in [3.63, 3.8) is 0 Å². The Morgan fingerprint density at radius 1 is 0.266 bits per heavy atom. The fourth-order valence-corrected chi connectivity index (χ4v) is 9.50. The van der Waals surface area contributed by atoms with Crippen molar-refractivity contribution in [1.29, 1.82) is 0 Å². The number of hydrogen-bond acceptors (Lipinski definition) is 6. The minimum atomic E-state index is -0.789. The molecule has 0 amide bonds. The van der Waals surface area contributed by atoms with E-state index >= 15 is 0 Å². The monoisotopic (exact) mass is 1100 g/mol. The number of carbonyl (C=O) groups is 3. The van der Waals surface area contributed by atoms with Gasteiger partial charge in [0.15, 0.2) is 6.10 Å². The van der Waals surface area contributed by atoms with Gasteiger partial charge in [-0.2, -0.15) is 0 Å². The lowest BCUT2D eigenvalue weighted by Gasteiger charge is -2.18. The van der Waals surface area contributed by atoms with Crippen LogP contribution in [0.5, 0.6) is 0 Å². The molecule has 0 aliphatic rings. The highest BCUT2D eigenvalue weighted by atomic mass is 16.6. The first-order valence-corrected chi connectivity index (χ1v) is 33.7. The second-order valence-corrected chi connectivity index (χ2v) is 22.3. The molecule has 0 aliphatic heterocycles. The summed E-state index contributed by atoms with van der Waals surface area (Å²) in [4.78, 5) is 38.4. The Morgan fingerprint density at radius 3 is 0.797 bits per heavy atom. The molecule has 6 nitrogen and oxygen atoms in total. The zero-order valence-electron chi connectivity index (χ0n) is 52.1. The molecule has 0 rings (SSSR count). The molecule has 0 aromatic rings. The van der Waals surface area contributed by atoms with E-state index in [1.807, 2.05) is 0 Å². The first-order valence-electron chi connectivity index (χ1n) is 33.7. The van der Waals surface area contributed by atoms with Crippen LogP contribution in [-0.2, 0) is 28.6 Å². The maximum atomic E-state index is 12.9. The highest BCUT2D eigenvalue weighted by Gasteiger charge is 2.19. The third kappa shape index (κ3) is 65.0. The molecule has 0 bridgehead atoms. The summed E-state index contributed by atoms with van der Waals surface area (Å²) in [7, 11) is 0. The molecule has 0 spiro atoms. The van der Waals surface area contributed by atoms with Gasteiger partial charge in [-0.05, 0) is 122 Å². The molecule has 454 valence electrons. The summed E-state index contributed by atoms with van der Waals surface area (Å²) in [5.41, 5.74) is 0. The Labute approximate surface area is 489 Å². The summed E-state index contributed by atoms with van der Waals surface area (Å²) >= 11 is 0. The largest absolute Gasteiger partial charge is 0.462 e. The van der Waals surface area contributed by atoms with Crippen LogP contribution in [0.25, 0.3) is 0 Å². The quantitative estimate of drug-likeness (QED) is 0.0261.